The lowest BCUT2D eigenvalue weighted by Gasteiger charge is -2.26. The Kier molecular flexibility index (Phi) is 3.96. The lowest BCUT2D eigenvalue weighted by molar-refractivity contribution is -0.120. The number of para-hydroxylation sites is 2. The average Bonchev–Trinajstić information content (AvgIpc) is 2.87. The molecule has 0 saturated carbocycles. The maximum atomic E-state index is 13.1. The van der Waals surface area contributed by atoms with E-state index in [2.05, 4.69) is 16.4 Å². The molecule has 0 aliphatic carbocycles. The van der Waals surface area contributed by atoms with Crippen molar-refractivity contribution >= 4 is 22.5 Å². The van der Waals surface area contributed by atoms with Gasteiger partial charge in [0.05, 0.1) is 5.41 Å². The number of aromatic amines is 1. The third-order valence-electron chi connectivity index (χ3n) is 4.81. The molecule has 0 spiro atoms. The van der Waals surface area contributed by atoms with E-state index in [4.69, 9.17) is 0 Å². The number of rotatable bonds is 3. The van der Waals surface area contributed by atoms with Gasteiger partial charge in [0.2, 0.25) is 5.91 Å². The third kappa shape index (κ3) is 2.60. The van der Waals surface area contributed by atoms with Gasteiger partial charge in [-0.05, 0) is 57.4 Å². The summed E-state index contributed by atoms with van der Waals surface area (Å²) < 4.78 is 0. The van der Waals surface area contributed by atoms with Crippen molar-refractivity contribution in [2.45, 2.75) is 40.0 Å². The molecular weight excluding hydrogens is 296 g/mol. The number of aromatic nitrogens is 1. The first kappa shape index (κ1) is 16.3. The summed E-state index contributed by atoms with van der Waals surface area (Å²) in [6.45, 7) is 10.0. The van der Waals surface area contributed by atoms with Crippen molar-refractivity contribution in [3.05, 3.63) is 64.8 Å². The Morgan fingerprint density at radius 1 is 0.958 bits per heavy atom. The number of fused-ring (bicyclic) bond motifs is 1. The zero-order valence-electron chi connectivity index (χ0n) is 14.9. The highest BCUT2D eigenvalue weighted by molar-refractivity contribution is 6.03. The quantitative estimate of drug-likeness (QED) is 0.700. The van der Waals surface area contributed by atoms with Gasteiger partial charge in [-0.25, -0.2) is 0 Å². The minimum atomic E-state index is -0.640. The van der Waals surface area contributed by atoms with Crippen molar-refractivity contribution in [2.75, 3.05) is 5.32 Å². The zero-order valence-corrected chi connectivity index (χ0v) is 14.9. The van der Waals surface area contributed by atoms with E-state index in [9.17, 15) is 4.79 Å². The molecule has 0 aliphatic heterocycles. The molecule has 3 nitrogen and oxygen atoms in total. The van der Waals surface area contributed by atoms with Gasteiger partial charge in [0.15, 0.2) is 0 Å². The van der Waals surface area contributed by atoms with Crippen LogP contribution in [-0.2, 0) is 10.2 Å². The summed E-state index contributed by atoms with van der Waals surface area (Å²) in [5.74, 6) is 0.00718. The van der Waals surface area contributed by atoms with Crippen LogP contribution in [-0.4, -0.2) is 10.9 Å². The fourth-order valence-electron chi connectivity index (χ4n) is 3.48. The van der Waals surface area contributed by atoms with Crippen LogP contribution in [0, 0.1) is 20.8 Å². The first-order valence-corrected chi connectivity index (χ1v) is 8.28. The molecule has 3 aromatic rings. The molecule has 0 atom stereocenters. The Morgan fingerprint density at radius 2 is 1.58 bits per heavy atom. The van der Waals surface area contributed by atoms with Crippen LogP contribution < -0.4 is 5.32 Å². The first-order valence-electron chi connectivity index (χ1n) is 8.28. The van der Waals surface area contributed by atoms with Crippen LogP contribution in [0.2, 0.25) is 0 Å². The van der Waals surface area contributed by atoms with Gasteiger partial charge < -0.3 is 10.3 Å². The molecule has 124 valence electrons. The largest absolute Gasteiger partial charge is 0.358 e. The number of carbonyl (C=O) groups excluding carboxylic acids is 1. The number of carbonyl (C=O) groups is 1. The lowest BCUT2D eigenvalue weighted by Crippen LogP contribution is -2.35. The van der Waals surface area contributed by atoms with E-state index < -0.39 is 5.41 Å². The number of aryl methyl sites for hydroxylation is 3. The number of benzene rings is 2. The van der Waals surface area contributed by atoms with E-state index in [0.717, 1.165) is 39.0 Å². The second-order valence-corrected chi connectivity index (χ2v) is 7.02. The zero-order chi connectivity index (χ0) is 17.5. The maximum absolute atomic E-state index is 13.1. The van der Waals surface area contributed by atoms with E-state index in [1.54, 1.807) is 0 Å². The smallest absolute Gasteiger partial charge is 0.234 e. The first-order chi connectivity index (χ1) is 11.3. The maximum Gasteiger partial charge on any atom is 0.234 e. The van der Waals surface area contributed by atoms with E-state index in [-0.39, 0.29) is 5.91 Å². The second-order valence-electron chi connectivity index (χ2n) is 7.02. The lowest BCUT2D eigenvalue weighted by atomic mass is 9.81. The topological polar surface area (TPSA) is 44.9 Å². The van der Waals surface area contributed by atoms with Gasteiger partial charge in [0.25, 0.3) is 0 Å². The van der Waals surface area contributed by atoms with Crippen LogP contribution in [0.15, 0.2) is 42.5 Å². The highest BCUT2D eigenvalue weighted by Gasteiger charge is 2.34. The molecule has 3 heteroatoms. The van der Waals surface area contributed by atoms with Gasteiger partial charge in [-0.2, -0.15) is 0 Å². The fraction of sp³-hybridized carbons (Fsp3) is 0.286. The van der Waals surface area contributed by atoms with Crippen molar-refractivity contribution < 1.29 is 4.79 Å². The molecular formula is C21H24N2O. The molecule has 1 amide bonds. The number of hydrogen-bond donors (Lipinski definition) is 2. The van der Waals surface area contributed by atoms with Crippen LogP contribution in [0.25, 0.3) is 10.9 Å². The summed E-state index contributed by atoms with van der Waals surface area (Å²) in [7, 11) is 0. The Labute approximate surface area is 143 Å². The van der Waals surface area contributed by atoms with Crippen LogP contribution in [0.5, 0.6) is 0 Å². The number of amides is 1. The monoisotopic (exact) mass is 320 g/mol. The molecule has 24 heavy (non-hydrogen) atoms. The van der Waals surface area contributed by atoms with Crippen molar-refractivity contribution in [3.63, 3.8) is 0 Å². The molecule has 2 aromatic carbocycles. The van der Waals surface area contributed by atoms with Gasteiger partial charge >= 0.3 is 0 Å². The minimum absolute atomic E-state index is 0.00718. The van der Waals surface area contributed by atoms with Gasteiger partial charge in [0, 0.05) is 22.3 Å². The van der Waals surface area contributed by atoms with Crippen molar-refractivity contribution in [2.24, 2.45) is 0 Å². The molecule has 1 aromatic heterocycles. The van der Waals surface area contributed by atoms with Crippen LogP contribution in [0.4, 0.5) is 5.69 Å². The van der Waals surface area contributed by atoms with E-state index in [1.807, 2.05) is 71.0 Å². The molecule has 0 fully saturated rings. The van der Waals surface area contributed by atoms with E-state index in [0.29, 0.717) is 0 Å². The van der Waals surface area contributed by atoms with Crippen LogP contribution in [0.3, 0.4) is 0 Å². The van der Waals surface area contributed by atoms with Crippen LogP contribution >= 0.6 is 0 Å². The van der Waals surface area contributed by atoms with Gasteiger partial charge in [0.1, 0.15) is 0 Å². The summed E-state index contributed by atoms with van der Waals surface area (Å²) in [5, 5.41) is 4.25. The SMILES string of the molecule is Cc1cccc(C)c1NC(=O)C(C)(C)c1c(C)[nH]c2ccccc12. The summed E-state index contributed by atoms with van der Waals surface area (Å²) >= 11 is 0. The van der Waals surface area contributed by atoms with Gasteiger partial charge in [-0.1, -0.05) is 36.4 Å². The normalized spacial score (nSPS) is 11.7. The number of H-pyrrole nitrogens is 1. The average molecular weight is 320 g/mol. The predicted octanol–water partition coefficient (Wildman–Crippen LogP) is 5.01. The Bertz CT molecular complexity index is 898. The van der Waals surface area contributed by atoms with E-state index in [1.165, 1.54) is 0 Å². The summed E-state index contributed by atoms with van der Waals surface area (Å²) in [4.78, 5) is 16.5. The molecule has 1 heterocycles. The van der Waals surface area contributed by atoms with Crippen molar-refractivity contribution in [1.29, 1.82) is 0 Å². The molecule has 0 aliphatic rings. The fourth-order valence-corrected chi connectivity index (χ4v) is 3.48. The predicted molar refractivity (Wildman–Crippen MR) is 101 cm³/mol. The minimum Gasteiger partial charge on any atom is -0.358 e. The van der Waals surface area contributed by atoms with E-state index >= 15 is 0 Å². The number of hydrogen-bond acceptors (Lipinski definition) is 1. The van der Waals surface area contributed by atoms with Crippen molar-refractivity contribution in [3.8, 4) is 0 Å². The van der Waals surface area contributed by atoms with Crippen molar-refractivity contribution in [1.82, 2.24) is 4.98 Å². The highest BCUT2D eigenvalue weighted by atomic mass is 16.2. The Hall–Kier alpha value is -2.55. The molecule has 0 saturated heterocycles. The third-order valence-corrected chi connectivity index (χ3v) is 4.81. The number of anilines is 1. The molecule has 0 unspecified atom stereocenters. The Morgan fingerprint density at radius 3 is 2.25 bits per heavy atom. The number of nitrogens with one attached hydrogen (secondary N) is 2. The van der Waals surface area contributed by atoms with Gasteiger partial charge in [-0.15, -0.1) is 0 Å². The second kappa shape index (κ2) is 5.82. The Balaban J connectivity index is 2.03. The summed E-state index contributed by atoms with van der Waals surface area (Å²) in [5.41, 5.74) is 5.59. The molecule has 0 bridgehead atoms. The molecule has 0 radical (unpaired) electrons. The molecule has 3 rings (SSSR count). The van der Waals surface area contributed by atoms with Crippen LogP contribution in [0.1, 0.15) is 36.2 Å². The summed E-state index contributed by atoms with van der Waals surface area (Å²) in [6.07, 6.45) is 0. The highest BCUT2D eigenvalue weighted by Crippen LogP contribution is 2.35. The van der Waals surface area contributed by atoms with Gasteiger partial charge in [-0.3, -0.25) is 4.79 Å². The summed E-state index contributed by atoms with van der Waals surface area (Å²) in [6, 6.07) is 14.2. The standard InChI is InChI=1S/C21H24N2O/c1-13-9-8-10-14(2)19(13)23-20(24)21(4,5)18-15(3)22-17-12-7-6-11-16(17)18/h6-12,22H,1-5H3,(H,23,24). The molecule has 2 N–H and O–H groups in total.